The zero-order valence-corrected chi connectivity index (χ0v) is 12.5. The number of aromatic amines is 1. The summed E-state index contributed by atoms with van der Waals surface area (Å²) in [6, 6.07) is 11.0. The SMILES string of the molecule is COc1ccc(C)cc1C(=O)c1c[nH]c2cc(Cl)ccc12. The molecule has 0 aliphatic heterocycles. The van der Waals surface area contributed by atoms with Crippen LogP contribution in [-0.2, 0) is 0 Å². The Hall–Kier alpha value is -2.26. The van der Waals surface area contributed by atoms with Crippen molar-refractivity contribution in [1.82, 2.24) is 4.98 Å². The van der Waals surface area contributed by atoms with E-state index < -0.39 is 0 Å². The molecule has 0 spiro atoms. The van der Waals surface area contributed by atoms with Crippen LogP contribution in [-0.4, -0.2) is 17.9 Å². The molecule has 1 N–H and O–H groups in total. The summed E-state index contributed by atoms with van der Waals surface area (Å²) in [6.45, 7) is 1.95. The molecule has 21 heavy (non-hydrogen) atoms. The van der Waals surface area contributed by atoms with E-state index in [1.165, 1.54) is 0 Å². The quantitative estimate of drug-likeness (QED) is 0.730. The number of methoxy groups -OCH3 is 1. The number of carbonyl (C=O) groups is 1. The first kappa shape index (κ1) is 13.7. The lowest BCUT2D eigenvalue weighted by Crippen LogP contribution is -2.03. The molecule has 0 bridgehead atoms. The molecule has 106 valence electrons. The molecular weight excluding hydrogens is 286 g/mol. The molecule has 1 heterocycles. The van der Waals surface area contributed by atoms with E-state index in [0.717, 1.165) is 16.5 Å². The molecule has 0 saturated carbocycles. The summed E-state index contributed by atoms with van der Waals surface area (Å²) in [5.41, 5.74) is 3.04. The maximum Gasteiger partial charge on any atom is 0.198 e. The molecule has 0 fully saturated rings. The van der Waals surface area contributed by atoms with Gasteiger partial charge in [-0.2, -0.15) is 0 Å². The largest absolute Gasteiger partial charge is 0.496 e. The molecule has 0 unspecified atom stereocenters. The van der Waals surface area contributed by atoms with Crippen molar-refractivity contribution in [3.05, 3.63) is 64.3 Å². The highest BCUT2D eigenvalue weighted by Gasteiger charge is 2.18. The van der Waals surface area contributed by atoms with Crippen molar-refractivity contribution < 1.29 is 9.53 Å². The van der Waals surface area contributed by atoms with Gasteiger partial charge >= 0.3 is 0 Å². The number of aromatic nitrogens is 1. The number of ether oxygens (including phenoxy) is 1. The van der Waals surface area contributed by atoms with E-state index in [1.54, 1.807) is 25.4 Å². The number of aryl methyl sites for hydroxylation is 1. The normalized spacial score (nSPS) is 10.8. The van der Waals surface area contributed by atoms with E-state index in [9.17, 15) is 4.79 Å². The van der Waals surface area contributed by atoms with Crippen LogP contribution in [0.2, 0.25) is 5.02 Å². The highest BCUT2D eigenvalue weighted by atomic mass is 35.5. The van der Waals surface area contributed by atoms with Crippen LogP contribution in [0.25, 0.3) is 10.9 Å². The predicted molar refractivity (Wildman–Crippen MR) is 84.5 cm³/mol. The smallest absolute Gasteiger partial charge is 0.198 e. The number of hydrogen-bond acceptors (Lipinski definition) is 2. The number of fused-ring (bicyclic) bond motifs is 1. The zero-order chi connectivity index (χ0) is 15.0. The van der Waals surface area contributed by atoms with Crippen molar-refractivity contribution >= 4 is 28.3 Å². The van der Waals surface area contributed by atoms with Gasteiger partial charge in [-0.1, -0.05) is 29.3 Å². The third-order valence-corrected chi connectivity index (χ3v) is 3.72. The Kier molecular flexibility index (Phi) is 3.43. The molecule has 1 aromatic heterocycles. The lowest BCUT2D eigenvalue weighted by atomic mass is 10.00. The Balaban J connectivity index is 2.15. The number of nitrogens with one attached hydrogen (secondary N) is 1. The third kappa shape index (κ3) is 2.41. The molecule has 0 amide bonds. The van der Waals surface area contributed by atoms with Crippen LogP contribution in [0.15, 0.2) is 42.6 Å². The number of benzene rings is 2. The van der Waals surface area contributed by atoms with Gasteiger partial charge in [0.1, 0.15) is 5.75 Å². The maximum absolute atomic E-state index is 12.8. The summed E-state index contributed by atoms with van der Waals surface area (Å²) >= 11 is 5.97. The number of rotatable bonds is 3. The summed E-state index contributed by atoms with van der Waals surface area (Å²) in [7, 11) is 1.57. The van der Waals surface area contributed by atoms with Crippen LogP contribution in [0.3, 0.4) is 0 Å². The molecular formula is C17H14ClNO2. The predicted octanol–water partition coefficient (Wildman–Crippen LogP) is 4.37. The second-order valence-corrected chi connectivity index (χ2v) is 5.36. The first-order valence-corrected chi connectivity index (χ1v) is 6.94. The van der Waals surface area contributed by atoms with Crippen LogP contribution < -0.4 is 4.74 Å². The Morgan fingerprint density at radius 1 is 1.14 bits per heavy atom. The number of halogens is 1. The summed E-state index contributed by atoms with van der Waals surface area (Å²) in [4.78, 5) is 15.9. The van der Waals surface area contributed by atoms with Crippen LogP contribution in [0.4, 0.5) is 0 Å². The van der Waals surface area contributed by atoms with Gasteiger partial charge in [-0.05, 0) is 31.2 Å². The standard InChI is InChI=1S/C17H14ClNO2/c1-10-3-6-16(21-2)13(7-10)17(20)14-9-19-15-8-11(18)4-5-12(14)15/h3-9,19H,1-2H3. The summed E-state index contributed by atoms with van der Waals surface area (Å²) in [5.74, 6) is 0.512. The van der Waals surface area contributed by atoms with Crippen LogP contribution >= 0.6 is 11.6 Å². The van der Waals surface area contributed by atoms with Gasteiger partial charge in [-0.25, -0.2) is 0 Å². The maximum atomic E-state index is 12.8. The number of carbonyl (C=O) groups excluding carboxylic acids is 1. The Labute approximate surface area is 127 Å². The molecule has 4 heteroatoms. The molecule has 3 rings (SSSR count). The Morgan fingerprint density at radius 3 is 2.71 bits per heavy atom. The van der Waals surface area contributed by atoms with Gasteiger partial charge in [0.15, 0.2) is 5.78 Å². The lowest BCUT2D eigenvalue weighted by molar-refractivity contribution is 0.103. The highest BCUT2D eigenvalue weighted by molar-refractivity contribution is 6.31. The lowest BCUT2D eigenvalue weighted by Gasteiger charge is -2.08. The van der Waals surface area contributed by atoms with Gasteiger partial charge in [0.2, 0.25) is 0 Å². The minimum Gasteiger partial charge on any atom is -0.496 e. The molecule has 0 aliphatic rings. The van der Waals surface area contributed by atoms with Gasteiger partial charge < -0.3 is 9.72 Å². The van der Waals surface area contributed by atoms with Crippen LogP contribution in [0.5, 0.6) is 5.75 Å². The summed E-state index contributed by atoms with van der Waals surface area (Å²) in [6.07, 6.45) is 1.71. The van der Waals surface area contributed by atoms with E-state index in [1.807, 2.05) is 31.2 Å². The first-order valence-electron chi connectivity index (χ1n) is 6.56. The second kappa shape index (κ2) is 5.26. The molecule has 3 nitrogen and oxygen atoms in total. The fourth-order valence-corrected chi connectivity index (χ4v) is 2.60. The van der Waals surface area contributed by atoms with E-state index in [0.29, 0.717) is 21.9 Å². The topological polar surface area (TPSA) is 42.1 Å². The zero-order valence-electron chi connectivity index (χ0n) is 11.7. The fourth-order valence-electron chi connectivity index (χ4n) is 2.43. The minimum absolute atomic E-state index is 0.0656. The average Bonchev–Trinajstić information content (AvgIpc) is 2.89. The molecule has 0 saturated heterocycles. The van der Waals surface area contributed by atoms with E-state index in [2.05, 4.69) is 4.98 Å². The number of hydrogen-bond donors (Lipinski definition) is 1. The summed E-state index contributed by atoms with van der Waals surface area (Å²) in [5, 5.41) is 1.49. The molecule has 0 aliphatic carbocycles. The van der Waals surface area contributed by atoms with Crippen molar-refractivity contribution in [3.63, 3.8) is 0 Å². The molecule has 2 aromatic carbocycles. The first-order chi connectivity index (χ1) is 10.1. The molecule has 0 atom stereocenters. The van der Waals surface area contributed by atoms with Crippen LogP contribution in [0.1, 0.15) is 21.5 Å². The average molecular weight is 300 g/mol. The van der Waals surface area contributed by atoms with Gasteiger partial charge in [0, 0.05) is 27.7 Å². The van der Waals surface area contributed by atoms with E-state index >= 15 is 0 Å². The van der Waals surface area contributed by atoms with Gasteiger partial charge in [0.25, 0.3) is 0 Å². The van der Waals surface area contributed by atoms with Crippen molar-refractivity contribution in [2.45, 2.75) is 6.92 Å². The van der Waals surface area contributed by atoms with Crippen molar-refractivity contribution in [2.75, 3.05) is 7.11 Å². The van der Waals surface area contributed by atoms with Gasteiger partial charge in [-0.15, -0.1) is 0 Å². The van der Waals surface area contributed by atoms with Crippen molar-refractivity contribution in [3.8, 4) is 5.75 Å². The number of ketones is 1. The molecule has 0 radical (unpaired) electrons. The molecule has 3 aromatic rings. The fraction of sp³-hybridized carbons (Fsp3) is 0.118. The summed E-state index contributed by atoms with van der Waals surface area (Å²) < 4.78 is 5.30. The van der Waals surface area contributed by atoms with Crippen LogP contribution in [0, 0.1) is 6.92 Å². The van der Waals surface area contributed by atoms with Gasteiger partial charge in [0.05, 0.1) is 12.7 Å². The van der Waals surface area contributed by atoms with Crippen molar-refractivity contribution in [1.29, 1.82) is 0 Å². The van der Waals surface area contributed by atoms with Gasteiger partial charge in [-0.3, -0.25) is 4.79 Å². The minimum atomic E-state index is -0.0656. The second-order valence-electron chi connectivity index (χ2n) is 4.93. The Bertz CT molecular complexity index is 836. The third-order valence-electron chi connectivity index (χ3n) is 3.49. The highest BCUT2D eigenvalue weighted by Crippen LogP contribution is 2.28. The number of H-pyrrole nitrogens is 1. The van der Waals surface area contributed by atoms with Crippen molar-refractivity contribution in [2.24, 2.45) is 0 Å². The monoisotopic (exact) mass is 299 g/mol. The Morgan fingerprint density at radius 2 is 1.95 bits per heavy atom. The van der Waals surface area contributed by atoms with E-state index in [-0.39, 0.29) is 5.78 Å². The van der Waals surface area contributed by atoms with E-state index in [4.69, 9.17) is 16.3 Å².